The third kappa shape index (κ3) is 8.20. The van der Waals surface area contributed by atoms with E-state index in [9.17, 15) is 22.9 Å². The molecular weight excluding hydrogens is 528 g/mol. The summed E-state index contributed by atoms with van der Waals surface area (Å²) in [6.07, 6.45) is 0. The standard InChI is InChI=1S/C18H22FN5O4S.HI/c1-2-20-18(22-13-14-5-3-6-15(19)11-14)21-9-10-23-29(27,28)17-8-4-7-16(12-17)24(25)26;/h3-8,11-12,23H,2,9-10,13H2,1H3,(H2,20,21,22);1H. The van der Waals surface area contributed by atoms with E-state index in [2.05, 4.69) is 20.3 Å². The number of non-ortho nitro benzene ring substituents is 1. The predicted octanol–water partition coefficient (Wildman–Crippen LogP) is 2.39. The van der Waals surface area contributed by atoms with E-state index in [-0.39, 0.29) is 60.0 Å². The normalized spacial score (nSPS) is 11.5. The average molecular weight is 551 g/mol. The molecule has 0 heterocycles. The fourth-order valence-electron chi connectivity index (χ4n) is 2.36. The lowest BCUT2D eigenvalue weighted by Crippen LogP contribution is -2.41. The van der Waals surface area contributed by atoms with Crippen molar-refractivity contribution in [3.8, 4) is 0 Å². The first-order valence-electron chi connectivity index (χ1n) is 8.82. The van der Waals surface area contributed by atoms with Crippen molar-refractivity contribution in [1.82, 2.24) is 15.4 Å². The average Bonchev–Trinajstić information content (AvgIpc) is 2.69. The third-order valence-corrected chi connectivity index (χ3v) is 5.16. The molecule has 0 aliphatic rings. The van der Waals surface area contributed by atoms with Crippen LogP contribution in [0.2, 0.25) is 0 Å². The number of guanidine groups is 1. The molecule has 0 unspecified atom stereocenters. The number of nitrogens with zero attached hydrogens (tertiary/aromatic N) is 2. The van der Waals surface area contributed by atoms with E-state index in [0.29, 0.717) is 18.1 Å². The molecule has 0 amide bonds. The summed E-state index contributed by atoms with van der Waals surface area (Å²) in [4.78, 5) is 14.3. The summed E-state index contributed by atoms with van der Waals surface area (Å²) in [5, 5.41) is 16.8. The summed E-state index contributed by atoms with van der Waals surface area (Å²) in [5.74, 6) is 0.109. The molecule has 0 saturated carbocycles. The van der Waals surface area contributed by atoms with E-state index in [1.807, 2.05) is 6.92 Å². The second-order valence-corrected chi connectivity index (χ2v) is 7.67. The fourth-order valence-corrected chi connectivity index (χ4v) is 3.43. The van der Waals surface area contributed by atoms with Crippen molar-refractivity contribution in [2.45, 2.75) is 18.4 Å². The van der Waals surface area contributed by atoms with Crippen molar-refractivity contribution >= 4 is 45.6 Å². The van der Waals surface area contributed by atoms with Gasteiger partial charge in [-0.05, 0) is 30.7 Å². The van der Waals surface area contributed by atoms with Gasteiger partial charge in [0.05, 0.1) is 16.4 Å². The maximum atomic E-state index is 13.2. The molecule has 0 aliphatic carbocycles. The minimum absolute atomic E-state index is 0. The monoisotopic (exact) mass is 551 g/mol. The van der Waals surface area contributed by atoms with Gasteiger partial charge < -0.3 is 10.6 Å². The van der Waals surface area contributed by atoms with Crippen LogP contribution in [0.25, 0.3) is 0 Å². The summed E-state index contributed by atoms with van der Waals surface area (Å²) in [6.45, 7) is 2.99. The minimum Gasteiger partial charge on any atom is -0.357 e. The summed E-state index contributed by atoms with van der Waals surface area (Å²) < 4.78 is 40.2. The number of sulfonamides is 1. The zero-order valence-electron chi connectivity index (χ0n) is 16.2. The van der Waals surface area contributed by atoms with Gasteiger partial charge in [-0.2, -0.15) is 0 Å². The Balaban J connectivity index is 0.00000450. The summed E-state index contributed by atoms with van der Waals surface area (Å²) in [7, 11) is -3.88. The van der Waals surface area contributed by atoms with Gasteiger partial charge in [0.1, 0.15) is 5.82 Å². The van der Waals surface area contributed by atoms with Crippen LogP contribution in [0.1, 0.15) is 12.5 Å². The van der Waals surface area contributed by atoms with Crippen LogP contribution in [0.3, 0.4) is 0 Å². The van der Waals surface area contributed by atoms with Gasteiger partial charge in [-0.25, -0.2) is 22.5 Å². The van der Waals surface area contributed by atoms with Crippen LogP contribution in [0.4, 0.5) is 10.1 Å². The molecular formula is C18H23FIN5O4S. The number of nitro benzene ring substituents is 1. The highest BCUT2D eigenvalue weighted by atomic mass is 127. The molecule has 0 bridgehead atoms. The van der Waals surface area contributed by atoms with Crippen molar-refractivity contribution in [3.63, 3.8) is 0 Å². The molecule has 30 heavy (non-hydrogen) atoms. The van der Waals surface area contributed by atoms with Crippen LogP contribution < -0.4 is 15.4 Å². The molecule has 0 aliphatic heterocycles. The SMILES string of the molecule is CCNC(=NCc1cccc(F)c1)NCCNS(=O)(=O)c1cccc([N+](=O)[O-])c1.I. The van der Waals surface area contributed by atoms with E-state index < -0.39 is 14.9 Å². The van der Waals surface area contributed by atoms with Crippen molar-refractivity contribution < 1.29 is 17.7 Å². The molecule has 2 aromatic rings. The smallest absolute Gasteiger partial charge is 0.270 e. The molecule has 164 valence electrons. The molecule has 2 aromatic carbocycles. The van der Waals surface area contributed by atoms with Crippen molar-refractivity contribution in [2.24, 2.45) is 4.99 Å². The van der Waals surface area contributed by atoms with Crippen molar-refractivity contribution in [1.29, 1.82) is 0 Å². The molecule has 12 heteroatoms. The Morgan fingerprint density at radius 2 is 1.87 bits per heavy atom. The van der Waals surface area contributed by atoms with E-state index in [1.54, 1.807) is 12.1 Å². The Bertz CT molecular complexity index is 988. The maximum absolute atomic E-state index is 13.2. The quantitative estimate of drug-likeness (QED) is 0.110. The second kappa shape index (κ2) is 12.4. The van der Waals surface area contributed by atoms with Crippen LogP contribution in [-0.2, 0) is 16.6 Å². The lowest BCUT2D eigenvalue weighted by atomic mass is 10.2. The van der Waals surface area contributed by atoms with E-state index in [4.69, 9.17) is 0 Å². The molecule has 2 rings (SSSR count). The number of rotatable bonds is 9. The van der Waals surface area contributed by atoms with Gasteiger partial charge in [-0.15, -0.1) is 24.0 Å². The first-order valence-corrected chi connectivity index (χ1v) is 10.3. The Kier molecular flexibility index (Phi) is 10.6. The van der Waals surface area contributed by atoms with Crippen molar-refractivity contribution in [2.75, 3.05) is 19.6 Å². The van der Waals surface area contributed by atoms with Gasteiger partial charge in [0, 0.05) is 31.8 Å². The van der Waals surface area contributed by atoms with Gasteiger partial charge in [0.25, 0.3) is 5.69 Å². The number of nitro groups is 1. The number of aliphatic imine (C=N–C) groups is 1. The number of halogens is 2. The highest BCUT2D eigenvalue weighted by molar-refractivity contribution is 14.0. The molecule has 0 aromatic heterocycles. The van der Waals surface area contributed by atoms with Crippen LogP contribution in [0, 0.1) is 15.9 Å². The lowest BCUT2D eigenvalue weighted by Gasteiger charge is -2.12. The van der Waals surface area contributed by atoms with Gasteiger partial charge in [0.15, 0.2) is 5.96 Å². The summed E-state index contributed by atoms with van der Waals surface area (Å²) in [5.41, 5.74) is 0.401. The van der Waals surface area contributed by atoms with Crippen molar-refractivity contribution in [3.05, 3.63) is 70.0 Å². The molecule has 0 atom stereocenters. The minimum atomic E-state index is -3.88. The Hall–Kier alpha value is -2.32. The van der Waals surface area contributed by atoms with Crippen LogP contribution in [-0.4, -0.2) is 38.9 Å². The van der Waals surface area contributed by atoms with Crippen LogP contribution in [0.5, 0.6) is 0 Å². The predicted molar refractivity (Wildman–Crippen MR) is 123 cm³/mol. The van der Waals surface area contributed by atoms with Gasteiger partial charge in [-0.3, -0.25) is 10.1 Å². The van der Waals surface area contributed by atoms with Gasteiger partial charge >= 0.3 is 0 Å². The zero-order chi connectivity index (χ0) is 21.3. The third-order valence-electron chi connectivity index (χ3n) is 3.70. The van der Waals surface area contributed by atoms with E-state index in [0.717, 1.165) is 6.07 Å². The van der Waals surface area contributed by atoms with Crippen LogP contribution in [0.15, 0.2) is 58.4 Å². The van der Waals surface area contributed by atoms with Gasteiger partial charge in [-0.1, -0.05) is 18.2 Å². The molecule has 9 nitrogen and oxygen atoms in total. The summed E-state index contributed by atoms with van der Waals surface area (Å²) in [6, 6.07) is 10.9. The maximum Gasteiger partial charge on any atom is 0.270 e. The molecule has 0 spiro atoms. The Labute approximate surface area is 191 Å². The molecule has 0 saturated heterocycles. The number of benzene rings is 2. The Morgan fingerprint density at radius 1 is 1.13 bits per heavy atom. The molecule has 3 N–H and O–H groups in total. The number of nitrogens with one attached hydrogen (secondary N) is 3. The largest absolute Gasteiger partial charge is 0.357 e. The number of hydrogen-bond donors (Lipinski definition) is 3. The number of hydrogen-bond acceptors (Lipinski definition) is 5. The highest BCUT2D eigenvalue weighted by Crippen LogP contribution is 2.16. The molecule has 0 fully saturated rings. The summed E-state index contributed by atoms with van der Waals surface area (Å²) >= 11 is 0. The topological polar surface area (TPSA) is 126 Å². The Morgan fingerprint density at radius 3 is 2.53 bits per heavy atom. The first kappa shape index (κ1) is 25.7. The first-order chi connectivity index (χ1) is 13.8. The van der Waals surface area contributed by atoms with Crippen LogP contribution >= 0.6 is 24.0 Å². The lowest BCUT2D eigenvalue weighted by molar-refractivity contribution is -0.385. The molecule has 0 radical (unpaired) electrons. The second-order valence-electron chi connectivity index (χ2n) is 5.90. The zero-order valence-corrected chi connectivity index (χ0v) is 19.3. The fraction of sp³-hybridized carbons (Fsp3) is 0.278. The highest BCUT2D eigenvalue weighted by Gasteiger charge is 2.17. The van der Waals surface area contributed by atoms with E-state index in [1.165, 1.54) is 30.3 Å². The van der Waals surface area contributed by atoms with E-state index >= 15 is 0 Å². The van der Waals surface area contributed by atoms with Gasteiger partial charge in [0.2, 0.25) is 10.0 Å².